The Kier molecular flexibility index (Phi) is 6.84. The molecule has 0 aromatic heterocycles. The molecule has 5 nitrogen and oxygen atoms in total. The number of nitrogens with zero attached hydrogens (tertiary/aromatic N) is 1. The molecule has 1 aromatic rings. The first-order valence-corrected chi connectivity index (χ1v) is 7.59. The predicted molar refractivity (Wildman–Crippen MR) is 86.9 cm³/mol. The number of benzene rings is 1. The van der Waals surface area contributed by atoms with Crippen LogP contribution in [0.5, 0.6) is 0 Å². The van der Waals surface area contributed by atoms with Crippen LogP contribution in [0, 0.1) is 5.92 Å². The molecule has 22 heavy (non-hydrogen) atoms. The van der Waals surface area contributed by atoms with Crippen LogP contribution < -0.4 is 5.32 Å². The van der Waals surface area contributed by atoms with Crippen molar-refractivity contribution >= 4 is 23.5 Å². The molecule has 0 fully saturated rings. The molecular weight excluding hydrogens is 304 g/mol. The molecule has 3 unspecified atom stereocenters. The Balaban J connectivity index is 2.59. The Bertz CT molecular complexity index is 519. The summed E-state index contributed by atoms with van der Waals surface area (Å²) in [5.74, 6) is -1.52. The van der Waals surface area contributed by atoms with Gasteiger partial charge in [-0.3, -0.25) is 14.5 Å². The van der Waals surface area contributed by atoms with Gasteiger partial charge >= 0.3 is 5.97 Å². The number of carboxylic acid groups (broad SMARTS) is 1. The van der Waals surface area contributed by atoms with Gasteiger partial charge in [0.2, 0.25) is 5.91 Å². The first-order chi connectivity index (χ1) is 10.2. The normalized spacial score (nSPS) is 15.2. The Morgan fingerprint density at radius 2 is 1.77 bits per heavy atom. The number of aliphatic carboxylic acids is 1. The van der Waals surface area contributed by atoms with Crippen LogP contribution in [0.3, 0.4) is 0 Å². The summed E-state index contributed by atoms with van der Waals surface area (Å²) in [6, 6.07) is 6.75. The fourth-order valence-electron chi connectivity index (χ4n) is 2.04. The summed E-state index contributed by atoms with van der Waals surface area (Å²) in [5, 5.41) is 12.5. The van der Waals surface area contributed by atoms with E-state index in [1.165, 1.54) is 0 Å². The highest BCUT2D eigenvalue weighted by Crippen LogP contribution is 2.16. The molecule has 0 bridgehead atoms. The molecule has 0 saturated heterocycles. The van der Waals surface area contributed by atoms with Crippen LogP contribution >= 0.6 is 11.6 Å². The van der Waals surface area contributed by atoms with E-state index >= 15 is 0 Å². The number of carbonyl (C=O) groups is 2. The molecule has 0 saturated carbocycles. The lowest BCUT2D eigenvalue weighted by atomic mass is 10.1. The summed E-state index contributed by atoms with van der Waals surface area (Å²) in [4.78, 5) is 24.9. The smallest absolute Gasteiger partial charge is 0.307 e. The summed E-state index contributed by atoms with van der Waals surface area (Å²) in [6.07, 6.45) is 0. The number of amides is 1. The van der Waals surface area contributed by atoms with Gasteiger partial charge in [-0.05, 0) is 38.6 Å². The van der Waals surface area contributed by atoms with Crippen molar-refractivity contribution in [1.29, 1.82) is 0 Å². The van der Waals surface area contributed by atoms with Crippen LogP contribution in [0.15, 0.2) is 24.3 Å². The Hall–Kier alpha value is -1.59. The van der Waals surface area contributed by atoms with Crippen LogP contribution in [0.1, 0.15) is 32.4 Å². The highest BCUT2D eigenvalue weighted by molar-refractivity contribution is 6.30. The third kappa shape index (κ3) is 5.31. The van der Waals surface area contributed by atoms with E-state index in [0.29, 0.717) is 11.6 Å². The molecular formula is C16H23ClN2O3. The van der Waals surface area contributed by atoms with Gasteiger partial charge in [-0.15, -0.1) is 0 Å². The third-order valence-electron chi connectivity index (χ3n) is 3.75. The van der Waals surface area contributed by atoms with E-state index in [1.54, 1.807) is 37.9 Å². The van der Waals surface area contributed by atoms with Gasteiger partial charge in [0, 0.05) is 11.6 Å². The molecule has 6 heteroatoms. The number of nitrogens with one attached hydrogen (secondary N) is 1. The van der Waals surface area contributed by atoms with Crippen LogP contribution in [0.2, 0.25) is 5.02 Å². The molecule has 1 amide bonds. The summed E-state index contributed by atoms with van der Waals surface area (Å²) in [5.41, 5.74) is 0.964. The van der Waals surface area contributed by atoms with Gasteiger partial charge in [-0.25, -0.2) is 0 Å². The number of carbonyl (C=O) groups excluding carboxylic acids is 1. The second-order valence-electron chi connectivity index (χ2n) is 5.64. The molecule has 2 N–H and O–H groups in total. The van der Waals surface area contributed by atoms with E-state index < -0.39 is 17.9 Å². The monoisotopic (exact) mass is 326 g/mol. The third-order valence-corrected chi connectivity index (χ3v) is 4.00. The van der Waals surface area contributed by atoms with Crippen molar-refractivity contribution in [3.8, 4) is 0 Å². The van der Waals surface area contributed by atoms with Crippen molar-refractivity contribution in [3.63, 3.8) is 0 Å². The lowest BCUT2D eigenvalue weighted by Crippen LogP contribution is -2.46. The maximum absolute atomic E-state index is 12.3. The van der Waals surface area contributed by atoms with Crippen LogP contribution in [0.25, 0.3) is 0 Å². The minimum atomic E-state index is -0.867. The van der Waals surface area contributed by atoms with Crippen LogP contribution in [0.4, 0.5) is 0 Å². The van der Waals surface area contributed by atoms with Crippen molar-refractivity contribution < 1.29 is 14.7 Å². The molecule has 0 radical (unpaired) electrons. The average molecular weight is 327 g/mol. The molecule has 0 aliphatic heterocycles. The van der Waals surface area contributed by atoms with Crippen molar-refractivity contribution in [2.45, 2.75) is 32.9 Å². The Labute approximate surface area is 136 Å². The predicted octanol–water partition coefficient (Wildman–Crippen LogP) is 2.56. The number of hydrogen-bond acceptors (Lipinski definition) is 3. The molecule has 1 aromatic carbocycles. The maximum atomic E-state index is 12.3. The summed E-state index contributed by atoms with van der Waals surface area (Å²) < 4.78 is 0. The highest BCUT2D eigenvalue weighted by atomic mass is 35.5. The topological polar surface area (TPSA) is 69.6 Å². The van der Waals surface area contributed by atoms with Gasteiger partial charge in [0.05, 0.1) is 18.0 Å². The SMILES string of the molecule is CC(CN(C)C(C)C(=O)NC(C)c1ccc(Cl)cc1)C(=O)O. The summed E-state index contributed by atoms with van der Waals surface area (Å²) in [7, 11) is 1.75. The fraction of sp³-hybridized carbons (Fsp3) is 0.500. The van der Waals surface area contributed by atoms with E-state index in [9.17, 15) is 9.59 Å². The second-order valence-corrected chi connectivity index (χ2v) is 6.07. The van der Waals surface area contributed by atoms with Gasteiger partial charge in [0.15, 0.2) is 0 Å². The minimum absolute atomic E-state index is 0.137. The quantitative estimate of drug-likeness (QED) is 0.808. The Morgan fingerprint density at radius 3 is 2.27 bits per heavy atom. The number of hydrogen-bond donors (Lipinski definition) is 2. The van der Waals surface area contributed by atoms with Crippen molar-refractivity contribution in [1.82, 2.24) is 10.2 Å². The number of halogens is 1. The van der Waals surface area contributed by atoms with Crippen molar-refractivity contribution in [3.05, 3.63) is 34.9 Å². The number of likely N-dealkylation sites (N-methyl/N-ethyl adjacent to an activating group) is 1. The van der Waals surface area contributed by atoms with E-state index in [2.05, 4.69) is 5.32 Å². The molecule has 3 atom stereocenters. The lowest BCUT2D eigenvalue weighted by Gasteiger charge is -2.27. The summed E-state index contributed by atoms with van der Waals surface area (Å²) in [6.45, 7) is 5.60. The molecule has 1 rings (SSSR count). The van der Waals surface area contributed by atoms with E-state index in [4.69, 9.17) is 16.7 Å². The van der Waals surface area contributed by atoms with Gasteiger partial charge in [-0.1, -0.05) is 30.7 Å². The van der Waals surface area contributed by atoms with Gasteiger partial charge in [-0.2, -0.15) is 0 Å². The zero-order chi connectivity index (χ0) is 16.9. The molecule has 0 heterocycles. The molecule has 0 spiro atoms. The van der Waals surface area contributed by atoms with Crippen molar-refractivity contribution in [2.24, 2.45) is 5.92 Å². The average Bonchev–Trinajstić information content (AvgIpc) is 2.46. The molecule has 0 aliphatic carbocycles. The molecule has 0 aliphatic rings. The van der Waals surface area contributed by atoms with Crippen LogP contribution in [-0.4, -0.2) is 41.5 Å². The number of rotatable bonds is 7. The van der Waals surface area contributed by atoms with Gasteiger partial charge in [0.1, 0.15) is 0 Å². The number of carboxylic acids is 1. The lowest BCUT2D eigenvalue weighted by molar-refractivity contribution is -0.142. The van der Waals surface area contributed by atoms with Crippen LogP contribution in [-0.2, 0) is 9.59 Å². The Morgan fingerprint density at radius 1 is 1.23 bits per heavy atom. The standard InChI is InChI=1S/C16H23ClN2O3/c1-10(16(21)22)9-19(4)12(3)15(20)18-11(2)13-5-7-14(17)8-6-13/h5-8,10-12H,9H2,1-4H3,(H,18,20)(H,21,22). The first-order valence-electron chi connectivity index (χ1n) is 7.21. The van der Waals surface area contributed by atoms with E-state index in [0.717, 1.165) is 5.56 Å². The highest BCUT2D eigenvalue weighted by Gasteiger charge is 2.23. The maximum Gasteiger partial charge on any atom is 0.307 e. The summed E-state index contributed by atoms with van der Waals surface area (Å²) >= 11 is 5.85. The minimum Gasteiger partial charge on any atom is -0.481 e. The first kappa shape index (κ1) is 18.5. The fourth-order valence-corrected chi connectivity index (χ4v) is 2.16. The largest absolute Gasteiger partial charge is 0.481 e. The zero-order valence-corrected chi connectivity index (χ0v) is 14.1. The molecule has 122 valence electrons. The van der Waals surface area contributed by atoms with Gasteiger partial charge in [0.25, 0.3) is 0 Å². The van der Waals surface area contributed by atoms with E-state index in [-0.39, 0.29) is 11.9 Å². The zero-order valence-electron chi connectivity index (χ0n) is 13.3. The van der Waals surface area contributed by atoms with Gasteiger partial charge < -0.3 is 10.4 Å². The van der Waals surface area contributed by atoms with E-state index in [1.807, 2.05) is 19.1 Å². The second kappa shape index (κ2) is 8.15. The van der Waals surface area contributed by atoms with Crippen molar-refractivity contribution in [2.75, 3.05) is 13.6 Å².